The van der Waals surface area contributed by atoms with Crippen molar-refractivity contribution in [3.05, 3.63) is 52.4 Å². The summed E-state index contributed by atoms with van der Waals surface area (Å²) in [5, 5.41) is 21.6. The first-order valence-corrected chi connectivity index (χ1v) is 10.4. The number of aliphatic hydroxyl groups excluding tert-OH is 2. The summed E-state index contributed by atoms with van der Waals surface area (Å²) >= 11 is 0. The van der Waals surface area contributed by atoms with E-state index in [2.05, 4.69) is 19.9 Å². The van der Waals surface area contributed by atoms with Crippen LogP contribution in [0.15, 0.2) is 51.2 Å². The van der Waals surface area contributed by atoms with E-state index in [4.69, 9.17) is 9.15 Å². The van der Waals surface area contributed by atoms with Crippen LogP contribution in [-0.4, -0.2) is 29.5 Å². The number of allylic oxidation sites excluding steroid dienone is 1. The fourth-order valence-electron chi connectivity index (χ4n) is 5.71. The second-order valence-corrected chi connectivity index (χ2v) is 9.28. The third-order valence-corrected chi connectivity index (χ3v) is 7.68. The van der Waals surface area contributed by atoms with Crippen LogP contribution in [0, 0.1) is 22.7 Å². The van der Waals surface area contributed by atoms with Crippen LogP contribution in [0.4, 0.5) is 0 Å². The average Bonchev–Trinajstić information content (AvgIpc) is 2.70. The SMILES string of the molecule is CC1=CC[C@@H]2[C@@](C)(CO)[C@H](O)CC[C@@]2(C)[C@@H]1COc1ccc2ccc(=O)oc2c1. The predicted octanol–water partition coefficient (Wildman–Crippen LogP) is 3.91. The number of hydrogen-bond donors (Lipinski definition) is 2. The molecule has 0 aliphatic heterocycles. The van der Waals surface area contributed by atoms with Gasteiger partial charge in [0.2, 0.25) is 0 Å². The Balaban J connectivity index is 1.60. The lowest BCUT2D eigenvalue weighted by Crippen LogP contribution is -2.57. The Morgan fingerprint density at radius 1 is 1.24 bits per heavy atom. The zero-order valence-corrected chi connectivity index (χ0v) is 17.4. The molecule has 0 amide bonds. The molecule has 0 spiro atoms. The van der Waals surface area contributed by atoms with Crippen molar-refractivity contribution < 1.29 is 19.4 Å². The van der Waals surface area contributed by atoms with Crippen LogP contribution in [0.5, 0.6) is 5.75 Å². The minimum Gasteiger partial charge on any atom is -0.493 e. The standard InChI is InChI=1S/C24H30O5/c1-15-4-8-20-23(2,11-10-21(26)24(20,3)14-25)18(15)13-28-17-7-5-16-6-9-22(27)29-19(16)12-17/h4-7,9,12,18,20-21,25-26H,8,10-11,13-14H2,1-3H3/t18-,20+,21-,23+,24-/m1/s1. The van der Waals surface area contributed by atoms with Gasteiger partial charge in [0.15, 0.2) is 0 Å². The van der Waals surface area contributed by atoms with Gasteiger partial charge in [-0.1, -0.05) is 25.5 Å². The highest BCUT2D eigenvalue weighted by Gasteiger charge is 2.57. The Morgan fingerprint density at radius 3 is 2.76 bits per heavy atom. The molecule has 0 radical (unpaired) electrons. The van der Waals surface area contributed by atoms with E-state index >= 15 is 0 Å². The van der Waals surface area contributed by atoms with Gasteiger partial charge in [-0.05, 0) is 55.7 Å². The summed E-state index contributed by atoms with van der Waals surface area (Å²) in [4.78, 5) is 11.5. The first kappa shape index (κ1) is 20.2. The molecule has 2 aliphatic rings. The first-order chi connectivity index (χ1) is 13.8. The molecule has 29 heavy (non-hydrogen) atoms. The van der Waals surface area contributed by atoms with Crippen molar-refractivity contribution in [1.29, 1.82) is 0 Å². The molecular formula is C24H30O5. The highest BCUT2D eigenvalue weighted by atomic mass is 16.5. The van der Waals surface area contributed by atoms with Gasteiger partial charge in [-0.15, -0.1) is 0 Å². The maximum absolute atomic E-state index is 11.5. The summed E-state index contributed by atoms with van der Waals surface area (Å²) in [6.45, 7) is 6.93. The molecule has 1 fully saturated rings. The van der Waals surface area contributed by atoms with Crippen LogP contribution in [0.25, 0.3) is 11.0 Å². The van der Waals surface area contributed by atoms with E-state index in [1.54, 1.807) is 12.1 Å². The highest BCUT2D eigenvalue weighted by molar-refractivity contribution is 5.77. The highest BCUT2D eigenvalue weighted by Crippen LogP contribution is 2.59. The van der Waals surface area contributed by atoms with Crippen molar-refractivity contribution in [2.45, 2.75) is 46.1 Å². The van der Waals surface area contributed by atoms with E-state index in [0.29, 0.717) is 24.4 Å². The third-order valence-electron chi connectivity index (χ3n) is 7.68. The van der Waals surface area contributed by atoms with Gasteiger partial charge in [0.05, 0.1) is 19.3 Å². The molecular weight excluding hydrogens is 368 g/mol. The lowest BCUT2D eigenvalue weighted by Gasteiger charge is -2.58. The van der Waals surface area contributed by atoms with E-state index in [1.807, 2.05) is 19.1 Å². The summed E-state index contributed by atoms with van der Waals surface area (Å²) in [6, 6.07) is 8.71. The Labute approximate surface area is 171 Å². The third kappa shape index (κ3) is 3.30. The molecule has 5 atom stereocenters. The fraction of sp³-hybridized carbons (Fsp3) is 0.542. The maximum Gasteiger partial charge on any atom is 0.336 e. The van der Waals surface area contributed by atoms with Gasteiger partial charge >= 0.3 is 5.63 Å². The lowest BCUT2D eigenvalue weighted by molar-refractivity contribution is -0.147. The van der Waals surface area contributed by atoms with E-state index < -0.39 is 11.5 Å². The lowest BCUT2D eigenvalue weighted by atomic mass is 9.47. The van der Waals surface area contributed by atoms with Crippen LogP contribution in [0.3, 0.4) is 0 Å². The van der Waals surface area contributed by atoms with Crippen molar-refractivity contribution in [1.82, 2.24) is 0 Å². The minimum absolute atomic E-state index is 0.0153. The van der Waals surface area contributed by atoms with Crippen LogP contribution in [-0.2, 0) is 0 Å². The van der Waals surface area contributed by atoms with Gasteiger partial charge in [0, 0.05) is 28.9 Å². The summed E-state index contributed by atoms with van der Waals surface area (Å²) in [7, 11) is 0. The van der Waals surface area contributed by atoms with Crippen LogP contribution in [0.2, 0.25) is 0 Å². The molecule has 4 rings (SSSR count). The second kappa shape index (κ2) is 7.29. The smallest absolute Gasteiger partial charge is 0.336 e. The van der Waals surface area contributed by atoms with Gasteiger partial charge in [-0.25, -0.2) is 4.79 Å². The summed E-state index contributed by atoms with van der Waals surface area (Å²) < 4.78 is 11.5. The first-order valence-electron chi connectivity index (χ1n) is 10.4. The van der Waals surface area contributed by atoms with E-state index in [9.17, 15) is 15.0 Å². The molecule has 1 saturated carbocycles. The Kier molecular flexibility index (Phi) is 5.07. The summed E-state index contributed by atoms with van der Waals surface area (Å²) in [5.74, 6) is 1.06. The Hall–Kier alpha value is -2.11. The Bertz CT molecular complexity index is 992. The van der Waals surface area contributed by atoms with Gasteiger partial charge in [-0.2, -0.15) is 0 Å². The molecule has 2 N–H and O–H groups in total. The molecule has 1 heterocycles. The molecule has 0 saturated heterocycles. The number of aliphatic hydroxyl groups is 2. The van der Waals surface area contributed by atoms with Crippen molar-refractivity contribution in [2.24, 2.45) is 22.7 Å². The van der Waals surface area contributed by atoms with Crippen LogP contribution < -0.4 is 10.4 Å². The number of fused-ring (bicyclic) bond motifs is 2. The number of hydrogen-bond acceptors (Lipinski definition) is 5. The van der Waals surface area contributed by atoms with Crippen molar-refractivity contribution in [2.75, 3.05) is 13.2 Å². The molecule has 156 valence electrons. The number of ether oxygens (including phenoxy) is 1. The van der Waals surface area contributed by atoms with Crippen molar-refractivity contribution >= 4 is 11.0 Å². The molecule has 1 aromatic heterocycles. The second-order valence-electron chi connectivity index (χ2n) is 9.28. The van der Waals surface area contributed by atoms with Crippen molar-refractivity contribution in [3.8, 4) is 5.75 Å². The number of benzene rings is 1. The summed E-state index contributed by atoms with van der Waals surface area (Å²) in [5.41, 5.74) is 0.879. The van der Waals surface area contributed by atoms with Gasteiger partial charge < -0.3 is 19.4 Å². The molecule has 0 unspecified atom stereocenters. The largest absolute Gasteiger partial charge is 0.493 e. The molecule has 5 heteroatoms. The normalized spacial score (nSPS) is 34.5. The van der Waals surface area contributed by atoms with Crippen LogP contribution >= 0.6 is 0 Å². The molecule has 1 aromatic carbocycles. The van der Waals surface area contributed by atoms with E-state index in [-0.39, 0.29) is 29.5 Å². The molecule has 2 aliphatic carbocycles. The predicted molar refractivity (Wildman–Crippen MR) is 112 cm³/mol. The van der Waals surface area contributed by atoms with E-state index in [1.165, 1.54) is 11.6 Å². The topological polar surface area (TPSA) is 79.9 Å². The van der Waals surface area contributed by atoms with Crippen molar-refractivity contribution in [3.63, 3.8) is 0 Å². The average molecular weight is 398 g/mol. The minimum atomic E-state index is -0.505. The Morgan fingerprint density at radius 2 is 2.00 bits per heavy atom. The van der Waals surface area contributed by atoms with Gasteiger partial charge in [0.25, 0.3) is 0 Å². The monoisotopic (exact) mass is 398 g/mol. The summed E-state index contributed by atoms with van der Waals surface area (Å²) in [6.07, 6.45) is 4.22. The van der Waals surface area contributed by atoms with Gasteiger partial charge in [0.1, 0.15) is 11.3 Å². The molecule has 0 bridgehead atoms. The maximum atomic E-state index is 11.5. The van der Waals surface area contributed by atoms with Gasteiger partial charge in [-0.3, -0.25) is 0 Å². The number of rotatable bonds is 4. The zero-order valence-electron chi connectivity index (χ0n) is 17.4. The molecule has 2 aromatic rings. The fourth-order valence-corrected chi connectivity index (χ4v) is 5.71. The molecule has 5 nitrogen and oxygen atoms in total. The van der Waals surface area contributed by atoms with Crippen LogP contribution in [0.1, 0.15) is 40.0 Å². The zero-order chi connectivity index (χ0) is 20.8. The quantitative estimate of drug-likeness (QED) is 0.603. The van der Waals surface area contributed by atoms with E-state index in [0.717, 1.165) is 18.2 Å².